The summed E-state index contributed by atoms with van der Waals surface area (Å²) in [6.45, 7) is 1.88. The third kappa shape index (κ3) is 2.51. The number of carboxylic acid groups (broad SMARTS) is 1. The number of carboxylic acids is 1. The van der Waals surface area contributed by atoms with Crippen molar-refractivity contribution < 1.29 is 19.4 Å². The Labute approximate surface area is 93.3 Å². The summed E-state index contributed by atoms with van der Waals surface area (Å²) in [5.74, 6) is -0.824. The Bertz CT molecular complexity index is 291. The minimum atomic E-state index is -0.919. The topological polar surface area (TPSA) is 87.7 Å². The molecule has 2 atom stereocenters. The zero-order valence-electron chi connectivity index (χ0n) is 8.94. The van der Waals surface area contributed by atoms with Gasteiger partial charge in [0.1, 0.15) is 0 Å². The first-order valence-corrected chi connectivity index (χ1v) is 5.53. The number of aliphatic carboxylic acids is 1. The molecule has 0 aromatic carbocycles. The van der Waals surface area contributed by atoms with Crippen LogP contribution >= 0.6 is 0 Å². The normalized spacial score (nSPS) is 29.8. The molecule has 2 aliphatic rings. The van der Waals surface area contributed by atoms with E-state index < -0.39 is 12.1 Å². The molecule has 3 N–H and O–H groups in total. The number of carbonyl (C=O) groups is 2. The molecule has 1 amide bonds. The summed E-state index contributed by atoms with van der Waals surface area (Å²) in [5, 5.41) is 14.5. The Morgan fingerprint density at radius 2 is 2.12 bits per heavy atom. The van der Waals surface area contributed by atoms with E-state index in [0.29, 0.717) is 19.4 Å². The number of hydrogen-bond donors (Lipinski definition) is 3. The fraction of sp³-hybridized carbons (Fsp3) is 0.800. The number of amides is 1. The standard InChI is InChI=1S/C10H16N2O4/c13-9(6-3-11-4-6)12-5-7-1-2-8(16-7)10(14)15/h6-8,11H,1-5H2,(H,12,13)(H,14,15). The Kier molecular flexibility index (Phi) is 3.40. The van der Waals surface area contributed by atoms with E-state index >= 15 is 0 Å². The second-order valence-electron chi connectivity index (χ2n) is 4.26. The molecule has 2 fully saturated rings. The summed E-state index contributed by atoms with van der Waals surface area (Å²) in [7, 11) is 0. The van der Waals surface area contributed by atoms with Gasteiger partial charge in [0.25, 0.3) is 0 Å². The van der Waals surface area contributed by atoms with E-state index in [1.54, 1.807) is 0 Å². The SMILES string of the molecule is O=C(NCC1CCC(C(=O)O)O1)C1CNC1. The summed E-state index contributed by atoms with van der Waals surface area (Å²) in [6, 6.07) is 0. The molecule has 6 nitrogen and oxygen atoms in total. The third-order valence-electron chi connectivity index (χ3n) is 3.04. The van der Waals surface area contributed by atoms with E-state index in [9.17, 15) is 9.59 Å². The fourth-order valence-corrected chi connectivity index (χ4v) is 1.87. The van der Waals surface area contributed by atoms with Crippen molar-refractivity contribution in [2.45, 2.75) is 25.0 Å². The van der Waals surface area contributed by atoms with Gasteiger partial charge in [-0.1, -0.05) is 0 Å². The second-order valence-corrected chi connectivity index (χ2v) is 4.26. The summed E-state index contributed by atoms with van der Waals surface area (Å²) in [5.41, 5.74) is 0. The summed E-state index contributed by atoms with van der Waals surface area (Å²) in [6.07, 6.45) is 0.367. The van der Waals surface area contributed by atoms with Gasteiger partial charge >= 0.3 is 5.97 Å². The van der Waals surface area contributed by atoms with Crippen LogP contribution in [-0.4, -0.2) is 48.8 Å². The highest BCUT2D eigenvalue weighted by molar-refractivity contribution is 5.80. The van der Waals surface area contributed by atoms with Gasteiger partial charge in [-0.2, -0.15) is 0 Å². The monoisotopic (exact) mass is 228 g/mol. The summed E-state index contributed by atoms with van der Waals surface area (Å²) < 4.78 is 5.27. The van der Waals surface area contributed by atoms with Gasteiger partial charge in [0.05, 0.1) is 12.0 Å². The van der Waals surface area contributed by atoms with Crippen LogP contribution in [0.4, 0.5) is 0 Å². The highest BCUT2D eigenvalue weighted by Crippen LogP contribution is 2.19. The predicted molar refractivity (Wildman–Crippen MR) is 54.9 cm³/mol. The van der Waals surface area contributed by atoms with Crippen molar-refractivity contribution >= 4 is 11.9 Å². The average Bonchev–Trinajstić information content (AvgIpc) is 2.60. The zero-order chi connectivity index (χ0) is 11.5. The van der Waals surface area contributed by atoms with Crippen LogP contribution in [0.2, 0.25) is 0 Å². The first-order chi connectivity index (χ1) is 7.66. The van der Waals surface area contributed by atoms with Gasteiger partial charge in [-0.15, -0.1) is 0 Å². The number of rotatable bonds is 4. The van der Waals surface area contributed by atoms with Crippen molar-refractivity contribution in [2.24, 2.45) is 5.92 Å². The van der Waals surface area contributed by atoms with E-state index in [1.165, 1.54) is 0 Å². The smallest absolute Gasteiger partial charge is 0.332 e. The van der Waals surface area contributed by atoms with Gasteiger partial charge in [0.2, 0.25) is 5.91 Å². The highest BCUT2D eigenvalue weighted by atomic mass is 16.5. The molecule has 2 heterocycles. The van der Waals surface area contributed by atoms with Crippen molar-refractivity contribution in [1.82, 2.24) is 10.6 Å². The molecule has 90 valence electrons. The Balaban J connectivity index is 1.67. The molecule has 6 heteroatoms. The second kappa shape index (κ2) is 4.80. The van der Waals surface area contributed by atoms with Gasteiger partial charge in [-0.3, -0.25) is 4.79 Å². The molecule has 0 bridgehead atoms. The van der Waals surface area contributed by atoms with Crippen molar-refractivity contribution in [3.05, 3.63) is 0 Å². The van der Waals surface area contributed by atoms with Gasteiger partial charge in [-0.05, 0) is 12.8 Å². The van der Waals surface area contributed by atoms with Crippen LogP contribution in [0.3, 0.4) is 0 Å². The van der Waals surface area contributed by atoms with Crippen LogP contribution < -0.4 is 10.6 Å². The molecule has 0 aliphatic carbocycles. The maximum atomic E-state index is 11.5. The Hall–Kier alpha value is -1.14. The first kappa shape index (κ1) is 11.3. The van der Waals surface area contributed by atoms with Gasteiger partial charge in [0, 0.05) is 19.6 Å². The number of ether oxygens (including phenoxy) is 1. The number of carbonyl (C=O) groups excluding carboxylic acids is 1. The lowest BCUT2D eigenvalue weighted by atomic mass is 10.0. The maximum absolute atomic E-state index is 11.5. The van der Waals surface area contributed by atoms with Crippen molar-refractivity contribution in [3.63, 3.8) is 0 Å². The molecule has 0 spiro atoms. The number of hydrogen-bond acceptors (Lipinski definition) is 4. The Morgan fingerprint density at radius 3 is 2.62 bits per heavy atom. The van der Waals surface area contributed by atoms with Gasteiger partial charge in [-0.25, -0.2) is 4.79 Å². The minimum absolute atomic E-state index is 0.0288. The molecule has 0 aromatic rings. The fourth-order valence-electron chi connectivity index (χ4n) is 1.87. The van der Waals surface area contributed by atoms with Crippen LogP contribution in [0.5, 0.6) is 0 Å². The largest absolute Gasteiger partial charge is 0.479 e. The molecule has 2 aliphatic heterocycles. The molecule has 2 rings (SSSR count). The van der Waals surface area contributed by atoms with Crippen LogP contribution in [0.1, 0.15) is 12.8 Å². The van der Waals surface area contributed by atoms with E-state index in [-0.39, 0.29) is 17.9 Å². The zero-order valence-corrected chi connectivity index (χ0v) is 8.94. The molecular formula is C10H16N2O4. The third-order valence-corrected chi connectivity index (χ3v) is 3.04. The lowest BCUT2D eigenvalue weighted by molar-refractivity contribution is -0.149. The Morgan fingerprint density at radius 1 is 1.38 bits per heavy atom. The van der Waals surface area contributed by atoms with Crippen LogP contribution in [0.15, 0.2) is 0 Å². The van der Waals surface area contributed by atoms with E-state index in [4.69, 9.17) is 9.84 Å². The van der Waals surface area contributed by atoms with Crippen LogP contribution in [-0.2, 0) is 14.3 Å². The average molecular weight is 228 g/mol. The lowest BCUT2D eigenvalue weighted by Crippen LogP contribution is -2.51. The molecule has 16 heavy (non-hydrogen) atoms. The predicted octanol–water partition coefficient (Wildman–Crippen LogP) is -1.05. The van der Waals surface area contributed by atoms with Crippen LogP contribution in [0.25, 0.3) is 0 Å². The summed E-state index contributed by atoms with van der Waals surface area (Å²) >= 11 is 0. The van der Waals surface area contributed by atoms with Crippen molar-refractivity contribution in [2.75, 3.05) is 19.6 Å². The van der Waals surface area contributed by atoms with Crippen molar-refractivity contribution in [1.29, 1.82) is 0 Å². The van der Waals surface area contributed by atoms with E-state index in [0.717, 1.165) is 13.1 Å². The molecule has 2 unspecified atom stereocenters. The van der Waals surface area contributed by atoms with Gasteiger partial charge in [0.15, 0.2) is 6.10 Å². The minimum Gasteiger partial charge on any atom is -0.479 e. The van der Waals surface area contributed by atoms with Crippen molar-refractivity contribution in [3.8, 4) is 0 Å². The lowest BCUT2D eigenvalue weighted by Gasteiger charge is -2.26. The van der Waals surface area contributed by atoms with E-state index in [1.807, 2.05) is 0 Å². The maximum Gasteiger partial charge on any atom is 0.332 e. The molecule has 0 radical (unpaired) electrons. The summed E-state index contributed by atoms with van der Waals surface area (Å²) in [4.78, 5) is 22.1. The van der Waals surface area contributed by atoms with E-state index in [2.05, 4.69) is 10.6 Å². The molecule has 0 aromatic heterocycles. The molecule has 2 saturated heterocycles. The molecular weight excluding hydrogens is 212 g/mol. The molecule has 0 saturated carbocycles. The number of nitrogens with one attached hydrogen (secondary N) is 2. The highest BCUT2D eigenvalue weighted by Gasteiger charge is 2.31. The first-order valence-electron chi connectivity index (χ1n) is 5.53. The quantitative estimate of drug-likeness (QED) is 0.571. The van der Waals surface area contributed by atoms with Crippen LogP contribution in [0, 0.1) is 5.92 Å². The van der Waals surface area contributed by atoms with Gasteiger partial charge < -0.3 is 20.5 Å².